The molecule has 1 unspecified atom stereocenters. The summed E-state index contributed by atoms with van der Waals surface area (Å²) in [7, 11) is 0. The molecule has 1 aromatic rings. The maximum absolute atomic E-state index is 13.4. The van der Waals surface area contributed by atoms with Gasteiger partial charge in [-0.15, -0.1) is 0 Å². The van der Waals surface area contributed by atoms with Crippen molar-refractivity contribution in [3.8, 4) is 0 Å². The molecular formula is C20H33NO. The van der Waals surface area contributed by atoms with E-state index in [4.69, 9.17) is 0 Å². The van der Waals surface area contributed by atoms with E-state index in [0.29, 0.717) is 0 Å². The van der Waals surface area contributed by atoms with Crippen molar-refractivity contribution in [2.24, 2.45) is 10.8 Å². The van der Waals surface area contributed by atoms with Gasteiger partial charge in [0.25, 0.3) is 0 Å². The van der Waals surface area contributed by atoms with E-state index in [0.717, 1.165) is 18.5 Å². The molecule has 0 saturated carbocycles. The molecule has 0 fully saturated rings. The second-order valence-electron chi connectivity index (χ2n) is 8.03. The van der Waals surface area contributed by atoms with Gasteiger partial charge in [-0.25, -0.2) is 0 Å². The average Bonchev–Trinajstić information content (AvgIpc) is 2.37. The van der Waals surface area contributed by atoms with Gasteiger partial charge in [-0.1, -0.05) is 60.1 Å². The standard InChI is InChI=1S/C20H33NO/c1-9-11-16(3)21(17-13-10-12-15(2)14-17)18(22)20(7,8)19(4,5)6/h10,12-14,16H,9,11H2,1-8H3. The molecule has 0 aromatic heterocycles. The maximum atomic E-state index is 13.4. The van der Waals surface area contributed by atoms with Crippen LogP contribution < -0.4 is 4.90 Å². The molecule has 0 bridgehead atoms. The maximum Gasteiger partial charge on any atom is 0.233 e. The van der Waals surface area contributed by atoms with Crippen LogP contribution in [0.5, 0.6) is 0 Å². The van der Waals surface area contributed by atoms with Gasteiger partial charge in [0.15, 0.2) is 0 Å². The van der Waals surface area contributed by atoms with Crippen molar-refractivity contribution in [3.05, 3.63) is 29.8 Å². The van der Waals surface area contributed by atoms with Crippen molar-refractivity contribution in [1.29, 1.82) is 0 Å². The van der Waals surface area contributed by atoms with Crippen LogP contribution in [0.2, 0.25) is 0 Å². The van der Waals surface area contributed by atoms with Crippen molar-refractivity contribution in [2.45, 2.75) is 74.3 Å². The summed E-state index contributed by atoms with van der Waals surface area (Å²) in [5.41, 5.74) is 1.70. The van der Waals surface area contributed by atoms with E-state index < -0.39 is 5.41 Å². The Morgan fingerprint density at radius 1 is 1.18 bits per heavy atom. The fourth-order valence-corrected chi connectivity index (χ4v) is 2.52. The SMILES string of the molecule is CCCC(C)N(C(=O)C(C)(C)C(C)(C)C)c1cccc(C)c1. The number of benzene rings is 1. The van der Waals surface area contributed by atoms with Crippen molar-refractivity contribution in [1.82, 2.24) is 0 Å². The van der Waals surface area contributed by atoms with E-state index in [1.807, 2.05) is 11.0 Å². The fraction of sp³-hybridized carbons (Fsp3) is 0.650. The largest absolute Gasteiger partial charge is 0.309 e. The highest BCUT2D eigenvalue weighted by Gasteiger charge is 2.43. The minimum Gasteiger partial charge on any atom is -0.309 e. The summed E-state index contributed by atoms with van der Waals surface area (Å²) in [6.45, 7) is 17.0. The summed E-state index contributed by atoms with van der Waals surface area (Å²) in [5.74, 6) is 0.214. The van der Waals surface area contributed by atoms with Gasteiger partial charge in [0.1, 0.15) is 0 Å². The number of hydrogen-bond donors (Lipinski definition) is 0. The zero-order chi connectivity index (χ0) is 17.1. The number of carbonyl (C=O) groups is 1. The lowest BCUT2D eigenvalue weighted by Gasteiger charge is -2.43. The lowest BCUT2D eigenvalue weighted by Crippen LogP contribution is -2.50. The van der Waals surface area contributed by atoms with Crippen LogP contribution in [-0.2, 0) is 4.79 Å². The number of nitrogens with zero attached hydrogens (tertiary/aromatic N) is 1. The highest BCUT2D eigenvalue weighted by molar-refractivity contribution is 5.98. The van der Waals surface area contributed by atoms with Gasteiger partial charge in [0, 0.05) is 17.1 Å². The van der Waals surface area contributed by atoms with Gasteiger partial charge in [0.2, 0.25) is 5.91 Å². The van der Waals surface area contributed by atoms with Crippen LogP contribution >= 0.6 is 0 Å². The highest BCUT2D eigenvalue weighted by Crippen LogP contribution is 2.41. The topological polar surface area (TPSA) is 20.3 Å². The zero-order valence-corrected chi connectivity index (χ0v) is 15.7. The number of carbonyl (C=O) groups excluding carboxylic acids is 1. The van der Waals surface area contributed by atoms with Crippen LogP contribution in [0.15, 0.2) is 24.3 Å². The summed E-state index contributed by atoms with van der Waals surface area (Å²) in [5, 5.41) is 0. The monoisotopic (exact) mass is 303 g/mol. The molecule has 0 saturated heterocycles. The molecule has 2 heteroatoms. The van der Waals surface area contributed by atoms with Gasteiger partial charge in [0.05, 0.1) is 0 Å². The molecule has 22 heavy (non-hydrogen) atoms. The summed E-state index contributed by atoms with van der Waals surface area (Å²) in [6, 6.07) is 8.48. The van der Waals surface area contributed by atoms with Gasteiger partial charge < -0.3 is 4.90 Å². The first-order valence-electron chi connectivity index (χ1n) is 8.42. The fourth-order valence-electron chi connectivity index (χ4n) is 2.52. The zero-order valence-electron chi connectivity index (χ0n) is 15.7. The van der Waals surface area contributed by atoms with Crippen molar-refractivity contribution >= 4 is 11.6 Å². The second kappa shape index (κ2) is 6.85. The smallest absolute Gasteiger partial charge is 0.233 e. The van der Waals surface area contributed by atoms with Crippen molar-refractivity contribution < 1.29 is 4.79 Å². The normalized spacial score (nSPS) is 13.8. The average molecular weight is 303 g/mol. The van der Waals surface area contributed by atoms with Crippen LogP contribution in [0.1, 0.15) is 66.9 Å². The van der Waals surface area contributed by atoms with Crippen molar-refractivity contribution in [3.63, 3.8) is 0 Å². The summed E-state index contributed by atoms with van der Waals surface area (Å²) in [4.78, 5) is 15.4. The molecule has 0 aliphatic carbocycles. The third-order valence-electron chi connectivity index (χ3n) is 5.06. The Morgan fingerprint density at radius 2 is 1.77 bits per heavy atom. The van der Waals surface area contributed by atoms with E-state index in [9.17, 15) is 4.79 Å². The van der Waals surface area contributed by atoms with Crippen LogP contribution in [0.3, 0.4) is 0 Å². The third kappa shape index (κ3) is 3.91. The first-order chi connectivity index (χ1) is 10.0. The molecule has 0 aliphatic rings. The third-order valence-corrected chi connectivity index (χ3v) is 5.06. The molecular weight excluding hydrogens is 270 g/mol. The van der Waals surface area contributed by atoms with E-state index >= 15 is 0 Å². The summed E-state index contributed by atoms with van der Waals surface area (Å²) >= 11 is 0. The number of hydrogen-bond acceptors (Lipinski definition) is 1. The molecule has 0 aliphatic heterocycles. The predicted octanol–water partition coefficient (Wildman–Crippen LogP) is 5.59. The lowest BCUT2D eigenvalue weighted by atomic mass is 9.68. The van der Waals surface area contributed by atoms with Crippen LogP contribution in [0, 0.1) is 17.8 Å². The Hall–Kier alpha value is -1.31. The van der Waals surface area contributed by atoms with Gasteiger partial charge in [-0.3, -0.25) is 4.79 Å². The molecule has 1 atom stereocenters. The minimum atomic E-state index is -0.418. The van der Waals surface area contributed by atoms with Crippen LogP contribution in [0.4, 0.5) is 5.69 Å². The van der Waals surface area contributed by atoms with E-state index in [1.165, 1.54) is 5.56 Å². The Morgan fingerprint density at radius 3 is 2.23 bits per heavy atom. The molecule has 0 radical (unpaired) electrons. The first-order valence-corrected chi connectivity index (χ1v) is 8.42. The molecule has 1 aromatic carbocycles. The van der Waals surface area contributed by atoms with Gasteiger partial charge in [-0.05, 0) is 43.4 Å². The summed E-state index contributed by atoms with van der Waals surface area (Å²) < 4.78 is 0. The van der Waals surface area contributed by atoms with E-state index in [1.54, 1.807) is 0 Å². The highest BCUT2D eigenvalue weighted by atomic mass is 16.2. The Balaban J connectivity index is 3.30. The molecule has 0 N–H and O–H groups in total. The van der Waals surface area contributed by atoms with E-state index in [2.05, 4.69) is 73.6 Å². The predicted molar refractivity (Wildman–Crippen MR) is 96.3 cm³/mol. The molecule has 0 heterocycles. The Labute approximate surface area is 136 Å². The molecule has 124 valence electrons. The number of amides is 1. The van der Waals surface area contributed by atoms with Crippen LogP contribution in [-0.4, -0.2) is 11.9 Å². The van der Waals surface area contributed by atoms with Crippen molar-refractivity contribution in [2.75, 3.05) is 4.90 Å². The van der Waals surface area contributed by atoms with Gasteiger partial charge >= 0.3 is 0 Å². The number of aryl methyl sites for hydroxylation is 1. The Kier molecular flexibility index (Phi) is 5.83. The Bertz CT molecular complexity index is 511. The lowest BCUT2D eigenvalue weighted by molar-refractivity contribution is -0.132. The van der Waals surface area contributed by atoms with E-state index in [-0.39, 0.29) is 17.4 Å². The minimum absolute atomic E-state index is 0.0852. The second-order valence-corrected chi connectivity index (χ2v) is 8.03. The molecule has 1 amide bonds. The van der Waals surface area contributed by atoms with Gasteiger partial charge in [-0.2, -0.15) is 0 Å². The number of anilines is 1. The summed E-state index contributed by atoms with van der Waals surface area (Å²) in [6.07, 6.45) is 2.09. The van der Waals surface area contributed by atoms with Crippen LogP contribution in [0.25, 0.3) is 0 Å². The first kappa shape index (κ1) is 18.7. The molecule has 2 nitrogen and oxygen atoms in total. The molecule has 1 rings (SSSR count). The number of rotatable bonds is 5. The molecule has 0 spiro atoms. The quantitative estimate of drug-likeness (QED) is 0.694.